The molecule has 3 aliphatic heterocycles. The van der Waals surface area contributed by atoms with Gasteiger partial charge in [0.15, 0.2) is 0 Å². The highest BCUT2D eigenvalue weighted by Gasteiger charge is 2.45. The lowest BCUT2D eigenvalue weighted by Crippen LogP contribution is -2.57. The average Bonchev–Trinajstić information content (AvgIpc) is 3.46. The molecule has 3 aliphatic rings. The highest BCUT2D eigenvalue weighted by atomic mass is 19.4. The molecule has 3 atom stereocenters. The second-order valence-electron chi connectivity index (χ2n) is 12.6. The molecule has 1 aromatic carbocycles. The van der Waals surface area contributed by atoms with E-state index in [0.717, 1.165) is 24.2 Å². The fourth-order valence-electron chi connectivity index (χ4n) is 6.04. The lowest BCUT2D eigenvalue weighted by molar-refractivity contribution is -0.143. The van der Waals surface area contributed by atoms with E-state index in [0.29, 0.717) is 31.8 Å². The number of fused-ring (bicyclic) bond motifs is 3. The molecule has 9 nitrogen and oxygen atoms in total. The van der Waals surface area contributed by atoms with E-state index in [2.05, 4.69) is 4.90 Å². The molecule has 2 bridgehead atoms. The third kappa shape index (κ3) is 6.92. The van der Waals surface area contributed by atoms with Crippen molar-refractivity contribution in [2.24, 2.45) is 0 Å². The van der Waals surface area contributed by atoms with Gasteiger partial charge in [-0.05, 0) is 70.4 Å². The number of carbonyl (C=O) groups is 2. The van der Waals surface area contributed by atoms with Gasteiger partial charge in [0.2, 0.25) is 0 Å². The van der Waals surface area contributed by atoms with Gasteiger partial charge in [0.25, 0.3) is 0 Å². The molecule has 0 spiro atoms. The van der Waals surface area contributed by atoms with Crippen LogP contribution in [0.3, 0.4) is 0 Å². The summed E-state index contributed by atoms with van der Waals surface area (Å²) in [6.07, 6.45) is -9.36. The van der Waals surface area contributed by atoms with E-state index in [1.807, 2.05) is 38.7 Å². The molecular weight excluding hydrogens is 596 g/mol. The van der Waals surface area contributed by atoms with E-state index in [-0.39, 0.29) is 43.4 Å². The molecule has 4 heterocycles. The SMILES string of the molecule is CC(c1cc2n(n1)CCN(C(=O)OCc1cc(C(F)(F)F)cc(C(F)(F)F)c1)C2)N1CC2CCC(C1)N2C(=O)OC(C)(C)C. The van der Waals surface area contributed by atoms with Crippen molar-refractivity contribution in [1.82, 2.24) is 24.5 Å². The van der Waals surface area contributed by atoms with Crippen molar-refractivity contribution in [3.05, 3.63) is 52.3 Å². The number of piperazine rings is 1. The highest BCUT2D eigenvalue weighted by Crippen LogP contribution is 2.37. The minimum Gasteiger partial charge on any atom is -0.445 e. The Balaban J connectivity index is 1.20. The van der Waals surface area contributed by atoms with Crippen molar-refractivity contribution >= 4 is 12.2 Å². The smallest absolute Gasteiger partial charge is 0.416 e. The molecule has 1 aromatic heterocycles. The quantitative estimate of drug-likeness (QED) is 0.373. The van der Waals surface area contributed by atoms with Gasteiger partial charge in [-0.15, -0.1) is 0 Å². The Bertz CT molecular complexity index is 1360. The van der Waals surface area contributed by atoms with Gasteiger partial charge < -0.3 is 14.4 Å². The van der Waals surface area contributed by atoms with Crippen LogP contribution in [0.15, 0.2) is 24.3 Å². The average molecular weight is 632 g/mol. The topological polar surface area (TPSA) is 80.1 Å². The van der Waals surface area contributed by atoms with Gasteiger partial charge in [0, 0.05) is 31.7 Å². The predicted molar refractivity (Wildman–Crippen MR) is 144 cm³/mol. The maximum atomic E-state index is 13.2. The number of carbonyl (C=O) groups excluding carboxylic acids is 2. The van der Waals surface area contributed by atoms with Gasteiger partial charge in [-0.3, -0.25) is 14.5 Å². The molecule has 0 saturated carbocycles. The molecule has 242 valence electrons. The largest absolute Gasteiger partial charge is 0.445 e. The maximum Gasteiger partial charge on any atom is 0.416 e. The van der Waals surface area contributed by atoms with E-state index in [4.69, 9.17) is 14.6 Å². The van der Waals surface area contributed by atoms with Crippen LogP contribution in [0.2, 0.25) is 0 Å². The van der Waals surface area contributed by atoms with Gasteiger partial charge >= 0.3 is 24.5 Å². The summed E-state index contributed by atoms with van der Waals surface area (Å²) in [5.41, 5.74) is -2.42. The third-order valence-corrected chi connectivity index (χ3v) is 8.18. The number of amides is 2. The fraction of sp³-hybridized carbons (Fsp3) is 0.621. The number of rotatable bonds is 4. The number of benzene rings is 1. The van der Waals surface area contributed by atoms with Gasteiger partial charge in [-0.2, -0.15) is 31.4 Å². The summed E-state index contributed by atoms with van der Waals surface area (Å²) >= 11 is 0. The molecule has 2 saturated heterocycles. The number of hydrogen-bond donors (Lipinski definition) is 0. The first kappa shape index (κ1) is 31.9. The Kier molecular flexibility index (Phi) is 8.31. The molecule has 2 amide bonds. The molecule has 5 rings (SSSR count). The molecule has 0 N–H and O–H groups in total. The number of ether oxygens (including phenoxy) is 2. The first-order chi connectivity index (χ1) is 20.4. The number of hydrogen-bond acceptors (Lipinski definition) is 6. The number of aromatic nitrogens is 2. The van der Waals surface area contributed by atoms with Crippen molar-refractivity contribution in [3.63, 3.8) is 0 Å². The lowest BCUT2D eigenvalue weighted by Gasteiger charge is -2.43. The minimum atomic E-state index is -4.99. The number of nitrogens with zero attached hydrogens (tertiary/aromatic N) is 5. The number of likely N-dealkylation sites (tertiary alicyclic amines) is 1. The second kappa shape index (κ2) is 11.5. The van der Waals surface area contributed by atoms with Crippen molar-refractivity contribution in [2.45, 2.75) is 96.3 Å². The van der Waals surface area contributed by atoms with Gasteiger partial charge in [-0.25, -0.2) is 9.59 Å². The van der Waals surface area contributed by atoms with E-state index < -0.39 is 47.3 Å². The molecule has 0 radical (unpaired) electrons. The van der Waals surface area contributed by atoms with Crippen molar-refractivity contribution in [2.75, 3.05) is 19.6 Å². The zero-order valence-corrected chi connectivity index (χ0v) is 24.8. The molecule has 2 fully saturated rings. The van der Waals surface area contributed by atoms with Gasteiger partial charge in [0.05, 0.1) is 41.6 Å². The number of halogens is 6. The summed E-state index contributed by atoms with van der Waals surface area (Å²) in [7, 11) is 0. The van der Waals surface area contributed by atoms with Crippen molar-refractivity contribution in [1.29, 1.82) is 0 Å². The molecule has 2 aromatic rings. The zero-order valence-electron chi connectivity index (χ0n) is 24.8. The van der Waals surface area contributed by atoms with Crippen LogP contribution >= 0.6 is 0 Å². The summed E-state index contributed by atoms with van der Waals surface area (Å²) in [6.45, 7) is 8.82. The summed E-state index contributed by atoms with van der Waals surface area (Å²) in [4.78, 5) is 31.1. The second-order valence-corrected chi connectivity index (χ2v) is 12.6. The van der Waals surface area contributed by atoms with Crippen LogP contribution in [0.4, 0.5) is 35.9 Å². The van der Waals surface area contributed by atoms with E-state index in [1.165, 1.54) is 4.90 Å². The molecule has 15 heteroatoms. The first-order valence-electron chi connectivity index (χ1n) is 14.4. The third-order valence-electron chi connectivity index (χ3n) is 8.18. The number of alkyl halides is 6. The highest BCUT2D eigenvalue weighted by molar-refractivity contribution is 5.70. The van der Waals surface area contributed by atoms with Crippen LogP contribution in [-0.4, -0.2) is 74.0 Å². The zero-order chi connectivity index (χ0) is 32.2. The van der Waals surface area contributed by atoms with Crippen LogP contribution in [0.5, 0.6) is 0 Å². The van der Waals surface area contributed by atoms with E-state index in [1.54, 1.807) is 4.68 Å². The Morgan fingerprint density at radius 2 is 1.50 bits per heavy atom. The summed E-state index contributed by atoms with van der Waals surface area (Å²) < 4.78 is 91.6. The van der Waals surface area contributed by atoms with Gasteiger partial charge in [0.1, 0.15) is 12.2 Å². The van der Waals surface area contributed by atoms with E-state index in [9.17, 15) is 35.9 Å². The lowest BCUT2D eigenvalue weighted by atomic mass is 10.1. The van der Waals surface area contributed by atoms with Crippen LogP contribution < -0.4 is 0 Å². The standard InChI is InChI=1S/C29H35F6N5O4/c1-17(38-13-21-5-6-22(14-38)40(21)26(42)44-27(2,3)4)24-12-23-15-37(7-8-39(23)36-24)25(41)43-16-18-9-19(28(30,31)32)11-20(10-18)29(33,34)35/h9-12,17,21-22H,5-8,13-16H2,1-4H3. The van der Waals surface area contributed by atoms with E-state index >= 15 is 0 Å². The maximum absolute atomic E-state index is 13.2. The van der Waals surface area contributed by atoms with Crippen LogP contribution in [0.1, 0.15) is 74.7 Å². The van der Waals surface area contributed by atoms with Crippen molar-refractivity contribution in [3.8, 4) is 0 Å². The molecule has 3 unspecified atom stereocenters. The first-order valence-corrected chi connectivity index (χ1v) is 14.4. The Hall–Kier alpha value is -3.49. The van der Waals surface area contributed by atoms with Crippen molar-refractivity contribution < 1.29 is 45.4 Å². The summed E-state index contributed by atoms with van der Waals surface area (Å²) in [5, 5.41) is 4.73. The minimum absolute atomic E-state index is 0.0292. The van der Waals surface area contributed by atoms with Crippen LogP contribution in [0.25, 0.3) is 0 Å². The molecule has 0 aliphatic carbocycles. The van der Waals surface area contributed by atoms with Gasteiger partial charge in [-0.1, -0.05) is 0 Å². The molecular formula is C29H35F6N5O4. The van der Waals surface area contributed by atoms with Crippen LogP contribution in [0, 0.1) is 0 Å². The molecule has 44 heavy (non-hydrogen) atoms. The monoisotopic (exact) mass is 631 g/mol. The summed E-state index contributed by atoms with van der Waals surface area (Å²) in [5.74, 6) is 0. The normalized spacial score (nSPS) is 21.7. The summed E-state index contributed by atoms with van der Waals surface area (Å²) in [6, 6.07) is 3.01. The Morgan fingerprint density at radius 3 is 2.05 bits per heavy atom. The van der Waals surface area contributed by atoms with Crippen LogP contribution in [-0.2, 0) is 41.5 Å². The Morgan fingerprint density at radius 1 is 0.909 bits per heavy atom. The Labute approximate surface area is 250 Å². The fourth-order valence-corrected chi connectivity index (χ4v) is 6.04. The predicted octanol–water partition coefficient (Wildman–Crippen LogP) is 6.22.